The molecule has 3 nitrogen and oxygen atoms in total. The Hall–Kier alpha value is -1.77. The van der Waals surface area contributed by atoms with Crippen molar-refractivity contribution in [3.8, 4) is 5.75 Å². The number of benzene rings is 1. The smallest absolute Gasteiger partial charge is 0.330 e. The molecule has 0 aromatic heterocycles. The van der Waals surface area contributed by atoms with Gasteiger partial charge in [-0.2, -0.15) is 0 Å². The second-order valence-electron chi connectivity index (χ2n) is 5.40. The van der Waals surface area contributed by atoms with Crippen molar-refractivity contribution in [1.29, 1.82) is 0 Å². The van der Waals surface area contributed by atoms with Crippen LogP contribution in [0.15, 0.2) is 30.3 Å². The SMILES string of the molecule is CCCCCCCCCOC(=O)C=Cc1ccc(OC)cc1. The second kappa shape index (κ2) is 11.8. The largest absolute Gasteiger partial charge is 0.497 e. The van der Waals surface area contributed by atoms with E-state index in [0.29, 0.717) is 6.61 Å². The van der Waals surface area contributed by atoms with Crippen molar-refractivity contribution < 1.29 is 14.3 Å². The predicted octanol–water partition coefficient (Wildman–Crippen LogP) is 5.00. The van der Waals surface area contributed by atoms with E-state index in [9.17, 15) is 4.79 Å². The molecule has 0 saturated heterocycles. The molecule has 0 aliphatic carbocycles. The average Bonchev–Trinajstić information content (AvgIpc) is 2.56. The lowest BCUT2D eigenvalue weighted by atomic mass is 10.1. The normalized spacial score (nSPS) is 10.8. The summed E-state index contributed by atoms with van der Waals surface area (Å²) in [5.41, 5.74) is 0.952. The summed E-state index contributed by atoms with van der Waals surface area (Å²) in [5.74, 6) is 0.528. The van der Waals surface area contributed by atoms with Crippen LogP contribution in [0, 0.1) is 0 Å². The molecule has 0 radical (unpaired) electrons. The van der Waals surface area contributed by atoms with Crippen LogP contribution in [0.5, 0.6) is 5.75 Å². The molecule has 0 unspecified atom stereocenters. The molecular formula is C19H28O3. The summed E-state index contributed by atoms with van der Waals surface area (Å²) in [6.07, 6.45) is 11.8. The van der Waals surface area contributed by atoms with E-state index < -0.39 is 0 Å². The van der Waals surface area contributed by atoms with Gasteiger partial charge in [-0.15, -0.1) is 0 Å². The monoisotopic (exact) mass is 304 g/mol. The van der Waals surface area contributed by atoms with Crippen LogP contribution in [0.3, 0.4) is 0 Å². The summed E-state index contributed by atoms with van der Waals surface area (Å²) in [6.45, 7) is 2.73. The van der Waals surface area contributed by atoms with Crippen LogP contribution in [0.25, 0.3) is 6.08 Å². The van der Waals surface area contributed by atoms with Crippen LogP contribution in [-0.2, 0) is 9.53 Å². The molecule has 3 heteroatoms. The third-order valence-corrected chi connectivity index (χ3v) is 3.52. The zero-order chi connectivity index (χ0) is 16.0. The highest BCUT2D eigenvalue weighted by atomic mass is 16.5. The van der Waals surface area contributed by atoms with Crippen LogP contribution in [0.4, 0.5) is 0 Å². The Bertz CT molecular complexity index is 434. The second-order valence-corrected chi connectivity index (χ2v) is 5.40. The van der Waals surface area contributed by atoms with Crippen LogP contribution in [-0.4, -0.2) is 19.7 Å². The van der Waals surface area contributed by atoms with Gasteiger partial charge in [0.05, 0.1) is 13.7 Å². The van der Waals surface area contributed by atoms with Crippen molar-refractivity contribution in [1.82, 2.24) is 0 Å². The highest BCUT2D eigenvalue weighted by molar-refractivity contribution is 5.87. The molecule has 1 rings (SSSR count). The number of hydrogen-bond donors (Lipinski definition) is 0. The lowest BCUT2D eigenvalue weighted by Gasteiger charge is -2.02. The first kappa shape index (κ1) is 18.3. The number of esters is 1. The molecule has 0 spiro atoms. The maximum atomic E-state index is 11.6. The van der Waals surface area contributed by atoms with Gasteiger partial charge in [0.2, 0.25) is 0 Å². The number of rotatable bonds is 11. The van der Waals surface area contributed by atoms with Gasteiger partial charge in [0.15, 0.2) is 0 Å². The molecule has 0 atom stereocenters. The first-order valence-corrected chi connectivity index (χ1v) is 8.25. The van der Waals surface area contributed by atoms with E-state index in [-0.39, 0.29) is 5.97 Å². The molecule has 122 valence electrons. The highest BCUT2D eigenvalue weighted by Gasteiger charge is 1.98. The molecule has 22 heavy (non-hydrogen) atoms. The third-order valence-electron chi connectivity index (χ3n) is 3.52. The Morgan fingerprint density at radius 2 is 1.64 bits per heavy atom. The van der Waals surface area contributed by atoms with Crippen molar-refractivity contribution in [2.75, 3.05) is 13.7 Å². The van der Waals surface area contributed by atoms with Gasteiger partial charge in [0.25, 0.3) is 0 Å². The summed E-state index contributed by atoms with van der Waals surface area (Å²) in [7, 11) is 1.63. The van der Waals surface area contributed by atoms with Crippen LogP contribution in [0.1, 0.15) is 57.4 Å². The van der Waals surface area contributed by atoms with Gasteiger partial charge in [-0.25, -0.2) is 4.79 Å². The Kier molecular flexibility index (Phi) is 9.84. The molecule has 0 saturated carbocycles. The first-order chi connectivity index (χ1) is 10.8. The summed E-state index contributed by atoms with van der Waals surface area (Å²) in [5, 5.41) is 0. The number of ether oxygens (including phenoxy) is 2. The summed E-state index contributed by atoms with van der Waals surface area (Å²) in [6, 6.07) is 7.53. The molecule has 0 aliphatic rings. The van der Waals surface area contributed by atoms with Gasteiger partial charge in [-0.05, 0) is 30.2 Å². The van der Waals surface area contributed by atoms with E-state index in [0.717, 1.165) is 24.2 Å². The maximum absolute atomic E-state index is 11.6. The lowest BCUT2D eigenvalue weighted by Crippen LogP contribution is -2.02. The maximum Gasteiger partial charge on any atom is 0.330 e. The topological polar surface area (TPSA) is 35.5 Å². The van der Waals surface area contributed by atoms with Gasteiger partial charge in [-0.1, -0.05) is 57.6 Å². The zero-order valence-electron chi connectivity index (χ0n) is 13.8. The average molecular weight is 304 g/mol. The standard InChI is InChI=1S/C19H28O3/c1-3-4-5-6-7-8-9-16-22-19(20)15-12-17-10-13-18(21-2)14-11-17/h10-15H,3-9,16H2,1-2H3. The molecule has 0 bridgehead atoms. The van der Waals surface area contributed by atoms with Gasteiger partial charge < -0.3 is 9.47 Å². The first-order valence-electron chi connectivity index (χ1n) is 8.25. The number of hydrogen-bond acceptors (Lipinski definition) is 3. The molecule has 1 aromatic carbocycles. The van der Waals surface area contributed by atoms with Crippen LogP contribution < -0.4 is 4.74 Å². The Labute approximate surface area is 134 Å². The number of carbonyl (C=O) groups excluding carboxylic acids is 1. The molecule has 0 fully saturated rings. The molecule has 0 heterocycles. The van der Waals surface area contributed by atoms with E-state index >= 15 is 0 Å². The molecular weight excluding hydrogens is 276 g/mol. The summed E-state index contributed by atoms with van der Waals surface area (Å²) >= 11 is 0. The number of methoxy groups -OCH3 is 1. The van der Waals surface area contributed by atoms with Crippen molar-refractivity contribution in [2.45, 2.75) is 51.9 Å². The molecule has 0 aliphatic heterocycles. The minimum absolute atomic E-state index is 0.276. The third kappa shape index (κ3) is 8.50. The van der Waals surface area contributed by atoms with Gasteiger partial charge in [0.1, 0.15) is 5.75 Å². The zero-order valence-corrected chi connectivity index (χ0v) is 13.8. The fourth-order valence-electron chi connectivity index (χ4n) is 2.16. The van der Waals surface area contributed by atoms with Gasteiger partial charge in [-0.3, -0.25) is 0 Å². The summed E-state index contributed by atoms with van der Waals surface area (Å²) in [4.78, 5) is 11.6. The molecule has 0 N–H and O–H groups in total. The van der Waals surface area contributed by atoms with Crippen LogP contribution in [0.2, 0.25) is 0 Å². The van der Waals surface area contributed by atoms with Crippen LogP contribution >= 0.6 is 0 Å². The number of unbranched alkanes of at least 4 members (excludes halogenated alkanes) is 6. The fraction of sp³-hybridized carbons (Fsp3) is 0.526. The van der Waals surface area contributed by atoms with Crippen molar-refractivity contribution in [3.63, 3.8) is 0 Å². The van der Waals surface area contributed by atoms with E-state index in [1.807, 2.05) is 24.3 Å². The Morgan fingerprint density at radius 1 is 1.00 bits per heavy atom. The minimum atomic E-state index is -0.276. The molecule has 1 aromatic rings. The Morgan fingerprint density at radius 3 is 2.27 bits per heavy atom. The van der Waals surface area contributed by atoms with Gasteiger partial charge in [0, 0.05) is 6.08 Å². The molecule has 0 amide bonds. The minimum Gasteiger partial charge on any atom is -0.497 e. The Balaban J connectivity index is 2.11. The highest BCUT2D eigenvalue weighted by Crippen LogP contribution is 2.12. The van der Waals surface area contributed by atoms with Crippen molar-refractivity contribution >= 4 is 12.0 Å². The lowest BCUT2D eigenvalue weighted by molar-refractivity contribution is -0.137. The summed E-state index contributed by atoms with van der Waals surface area (Å²) < 4.78 is 10.3. The fourth-order valence-corrected chi connectivity index (χ4v) is 2.16. The van der Waals surface area contributed by atoms with Crippen molar-refractivity contribution in [2.24, 2.45) is 0 Å². The van der Waals surface area contributed by atoms with Crippen molar-refractivity contribution in [3.05, 3.63) is 35.9 Å². The number of carbonyl (C=O) groups is 1. The quantitative estimate of drug-likeness (QED) is 0.328. The van der Waals surface area contributed by atoms with E-state index in [4.69, 9.17) is 9.47 Å². The van der Waals surface area contributed by atoms with Gasteiger partial charge >= 0.3 is 5.97 Å². The van der Waals surface area contributed by atoms with E-state index in [1.54, 1.807) is 13.2 Å². The van der Waals surface area contributed by atoms with E-state index in [1.165, 1.54) is 38.2 Å². The van der Waals surface area contributed by atoms with E-state index in [2.05, 4.69) is 6.92 Å². The predicted molar refractivity (Wildman–Crippen MR) is 91.0 cm³/mol.